The third kappa shape index (κ3) is 3.91. The molecule has 29 heavy (non-hydrogen) atoms. The molecule has 1 aliphatic rings. The van der Waals surface area contributed by atoms with Crippen LogP contribution >= 0.6 is 11.6 Å². The van der Waals surface area contributed by atoms with Gasteiger partial charge in [-0.05, 0) is 35.3 Å². The lowest BCUT2D eigenvalue weighted by molar-refractivity contribution is -0.0462. The van der Waals surface area contributed by atoms with Gasteiger partial charge in [-0.3, -0.25) is 4.57 Å². The number of imidazole rings is 1. The molecule has 3 rings (SSSR count). The van der Waals surface area contributed by atoms with Gasteiger partial charge in [0.25, 0.3) is 0 Å². The maximum atomic E-state index is 9.81. The highest BCUT2D eigenvalue weighted by molar-refractivity contribution is 6.74. The molecule has 2 aromatic heterocycles. The molecule has 3 N–H and O–H groups in total. The lowest BCUT2D eigenvalue weighted by Gasteiger charge is -2.40. The van der Waals surface area contributed by atoms with Crippen LogP contribution in [0, 0.1) is 0 Å². The molecule has 3 heterocycles. The van der Waals surface area contributed by atoms with Gasteiger partial charge in [-0.1, -0.05) is 25.9 Å². The Bertz CT molecular complexity index is 956. The Hall–Kier alpha value is -1.95. The van der Waals surface area contributed by atoms with E-state index in [4.69, 9.17) is 32.0 Å². The standard InChI is InChI=1S/C16H25ClN8O3Si/c1-16(2,3)29(4,5)28-11-9(23-24-19)8(6-26)27-14(11)25-7-20-10-12(18)21-15(17)22-13(10)25/h7-9,11,14,26H,6H2,1-5H3,(H2,18,21,22)/t8-,9?,11?,14-/m1/s1. The SMILES string of the molecule is CC(C)(C)[Si](C)(C)OC1C(N=[N+]=[N-])[C@@H](CO)O[C@H]1n1cnc2c(N)nc(Cl)nc21. The van der Waals surface area contributed by atoms with Gasteiger partial charge in [0.1, 0.15) is 11.6 Å². The second-order valence-corrected chi connectivity index (χ2v) is 13.6. The first-order valence-corrected chi connectivity index (χ1v) is 12.4. The first-order valence-electron chi connectivity index (χ1n) is 9.14. The van der Waals surface area contributed by atoms with E-state index < -0.39 is 32.8 Å². The molecule has 0 aliphatic carbocycles. The maximum Gasteiger partial charge on any atom is 0.226 e. The Balaban J connectivity index is 2.11. The van der Waals surface area contributed by atoms with Crippen molar-refractivity contribution in [2.45, 2.75) is 63.4 Å². The molecular weight excluding hydrogens is 416 g/mol. The summed E-state index contributed by atoms with van der Waals surface area (Å²) in [5, 5.41) is 13.6. The molecule has 0 saturated carbocycles. The molecule has 2 aromatic rings. The molecule has 0 spiro atoms. The van der Waals surface area contributed by atoms with Crippen molar-refractivity contribution in [3.8, 4) is 0 Å². The van der Waals surface area contributed by atoms with Crippen molar-refractivity contribution in [1.82, 2.24) is 19.5 Å². The molecule has 0 aromatic carbocycles. The van der Waals surface area contributed by atoms with Gasteiger partial charge in [0.05, 0.1) is 25.1 Å². The Morgan fingerprint density at radius 2 is 2.14 bits per heavy atom. The number of aliphatic hydroxyl groups is 1. The molecule has 0 bridgehead atoms. The van der Waals surface area contributed by atoms with Crippen LogP contribution in [0.2, 0.25) is 23.4 Å². The zero-order valence-corrected chi connectivity index (χ0v) is 18.7. The summed E-state index contributed by atoms with van der Waals surface area (Å²) >= 11 is 5.98. The molecule has 1 fully saturated rings. The number of hydrogen-bond acceptors (Lipinski definition) is 8. The lowest BCUT2D eigenvalue weighted by atomic mass is 10.1. The van der Waals surface area contributed by atoms with Crippen molar-refractivity contribution in [3.05, 3.63) is 22.1 Å². The predicted molar refractivity (Wildman–Crippen MR) is 111 cm³/mol. The van der Waals surface area contributed by atoms with Crippen molar-refractivity contribution < 1.29 is 14.3 Å². The maximum absolute atomic E-state index is 9.81. The van der Waals surface area contributed by atoms with Gasteiger partial charge in [-0.2, -0.15) is 9.97 Å². The average Bonchev–Trinajstić information content (AvgIpc) is 3.16. The van der Waals surface area contributed by atoms with Gasteiger partial charge < -0.3 is 20.0 Å². The fraction of sp³-hybridized carbons (Fsp3) is 0.688. The first kappa shape index (κ1) is 21.7. The molecule has 158 valence electrons. The Morgan fingerprint density at radius 3 is 2.72 bits per heavy atom. The van der Waals surface area contributed by atoms with Crippen LogP contribution in [-0.2, 0) is 9.16 Å². The van der Waals surface area contributed by atoms with Gasteiger partial charge in [0.2, 0.25) is 5.28 Å². The Morgan fingerprint density at radius 1 is 1.45 bits per heavy atom. The van der Waals surface area contributed by atoms with Crippen molar-refractivity contribution >= 4 is 36.9 Å². The predicted octanol–water partition coefficient (Wildman–Crippen LogP) is 3.02. The number of fused-ring (bicyclic) bond motifs is 1. The van der Waals surface area contributed by atoms with Crippen LogP contribution < -0.4 is 5.73 Å². The highest BCUT2D eigenvalue weighted by Crippen LogP contribution is 2.43. The summed E-state index contributed by atoms with van der Waals surface area (Å²) in [5.74, 6) is 0.143. The number of halogens is 1. The molecule has 0 radical (unpaired) electrons. The lowest BCUT2D eigenvalue weighted by Crippen LogP contribution is -2.48. The highest BCUT2D eigenvalue weighted by Gasteiger charge is 2.50. The summed E-state index contributed by atoms with van der Waals surface area (Å²) in [6.45, 7) is 10.2. The summed E-state index contributed by atoms with van der Waals surface area (Å²) in [4.78, 5) is 15.4. The highest BCUT2D eigenvalue weighted by atomic mass is 35.5. The minimum atomic E-state index is -2.29. The fourth-order valence-electron chi connectivity index (χ4n) is 3.03. The second-order valence-electron chi connectivity index (χ2n) is 8.49. The van der Waals surface area contributed by atoms with Crippen molar-refractivity contribution in [3.63, 3.8) is 0 Å². The molecular formula is C16H25ClN8O3Si. The third-order valence-electron chi connectivity index (χ3n) is 5.61. The minimum absolute atomic E-state index is 0.0260. The van der Waals surface area contributed by atoms with E-state index in [0.717, 1.165) is 0 Å². The molecule has 1 aliphatic heterocycles. The minimum Gasteiger partial charge on any atom is -0.409 e. The molecule has 1 saturated heterocycles. The normalized spacial score (nSPS) is 25.3. The van der Waals surface area contributed by atoms with Gasteiger partial charge in [0.15, 0.2) is 26.0 Å². The van der Waals surface area contributed by atoms with E-state index >= 15 is 0 Å². The molecule has 4 atom stereocenters. The summed E-state index contributed by atoms with van der Waals surface area (Å²) in [6.07, 6.45) is -0.632. The monoisotopic (exact) mass is 440 g/mol. The summed E-state index contributed by atoms with van der Waals surface area (Å²) in [5.41, 5.74) is 15.7. The van der Waals surface area contributed by atoms with Crippen LogP contribution in [0.1, 0.15) is 27.0 Å². The quantitative estimate of drug-likeness (QED) is 0.237. The van der Waals surface area contributed by atoms with E-state index in [0.29, 0.717) is 11.2 Å². The van der Waals surface area contributed by atoms with Crippen molar-refractivity contribution in [2.24, 2.45) is 5.11 Å². The molecule has 11 nitrogen and oxygen atoms in total. The van der Waals surface area contributed by atoms with E-state index in [1.54, 1.807) is 4.57 Å². The zero-order chi connectivity index (χ0) is 21.6. The summed E-state index contributed by atoms with van der Waals surface area (Å²) < 4.78 is 14.3. The average molecular weight is 441 g/mol. The van der Waals surface area contributed by atoms with E-state index in [-0.39, 0.29) is 22.7 Å². The van der Waals surface area contributed by atoms with Crippen LogP contribution in [0.3, 0.4) is 0 Å². The number of aromatic nitrogens is 4. The second kappa shape index (κ2) is 7.71. The van der Waals surface area contributed by atoms with E-state index in [1.165, 1.54) is 6.33 Å². The van der Waals surface area contributed by atoms with Crippen LogP contribution in [0.15, 0.2) is 11.4 Å². The van der Waals surface area contributed by atoms with E-state index in [2.05, 4.69) is 58.8 Å². The van der Waals surface area contributed by atoms with Gasteiger partial charge in [-0.25, -0.2) is 4.98 Å². The number of ether oxygens (including phenoxy) is 1. The van der Waals surface area contributed by atoms with Gasteiger partial charge in [-0.15, -0.1) is 0 Å². The van der Waals surface area contributed by atoms with Crippen molar-refractivity contribution in [2.75, 3.05) is 12.3 Å². The van der Waals surface area contributed by atoms with E-state index in [1.807, 2.05) is 0 Å². The number of azide groups is 1. The Kier molecular flexibility index (Phi) is 5.78. The molecule has 13 heteroatoms. The van der Waals surface area contributed by atoms with Gasteiger partial charge >= 0.3 is 0 Å². The van der Waals surface area contributed by atoms with Crippen molar-refractivity contribution in [1.29, 1.82) is 0 Å². The Labute approximate surface area is 174 Å². The van der Waals surface area contributed by atoms with Crippen LogP contribution in [0.25, 0.3) is 21.6 Å². The first-order chi connectivity index (χ1) is 13.5. The van der Waals surface area contributed by atoms with E-state index in [9.17, 15) is 5.11 Å². The number of nitrogens with two attached hydrogens (primary N) is 1. The number of hydrogen-bond donors (Lipinski definition) is 2. The number of anilines is 1. The fourth-order valence-corrected chi connectivity index (χ4v) is 4.49. The summed E-state index contributed by atoms with van der Waals surface area (Å²) in [7, 11) is -2.29. The molecule has 0 amide bonds. The number of nitrogen functional groups attached to an aromatic ring is 1. The van der Waals surface area contributed by atoms with Gasteiger partial charge in [0, 0.05) is 4.91 Å². The van der Waals surface area contributed by atoms with Crippen LogP contribution in [0.5, 0.6) is 0 Å². The largest absolute Gasteiger partial charge is 0.409 e. The molecule has 2 unspecified atom stereocenters. The van der Waals surface area contributed by atoms with Crippen LogP contribution in [-0.4, -0.2) is 57.8 Å². The topological polar surface area (TPSA) is 157 Å². The summed E-state index contributed by atoms with van der Waals surface area (Å²) in [6, 6.07) is -0.726. The number of rotatable bonds is 5. The zero-order valence-electron chi connectivity index (χ0n) is 16.9. The number of aliphatic hydroxyl groups excluding tert-OH is 1. The smallest absolute Gasteiger partial charge is 0.226 e. The number of nitrogens with zero attached hydrogens (tertiary/aromatic N) is 7. The van der Waals surface area contributed by atoms with Crippen LogP contribution in [0.4, 0.5) is 5.82 Å². The third-order valence-corrected chi connectivity index (χ3v) is 10.3.